The average Bonchev–Trinajstić information content (AvgIpc) is 3.06. The molecular formula is C21H29F3N2O4. The molecule has 1 aromatic heterocycles. The Kier molecular flexibility index (Phi) is 9.76. The van der Waals surface area contributed by atoms with Gasteiger partial charge >= 0.3 is 18.2 Å². The Balaban J connectivity index is 1.68. The molecule has 0 aliphatic heterocycles. The van der Waals surface area contributed by atoms with E-state index in [2.05, 4.69) is 16.8 Å². The van der Waals surface area contributed by atoms with E-state index in [-0.39, 0.29) is 17.5 Å². The Morgan fingerprint density at radius 3 is 2.07 bits per heavy atom. The number of rotatable bonds is 14. The molecule has 0 amide bonds. The van der Waals surface area contributed by atoms with Gasteiger partial charge < -0.3 is 13.9 Å². The molecule has 0 unspecified atom stereocenters. The molecule has 0 atom stereocenters. The van der Waals surface area contributed by atoms with Crippen LogP contribution in [0.2, 0.25) is 0 Å². The third-order valence-corrected chi connectivity index (χ3v) is 4.57. The number of ether oxygens (including phenoxy) is 2. The highest BCUT2D eigenvalue weighted by Gasteiger charge is 2.31. The number of benzene rings is 1. The zero-order valence-corrected chi connectivity index (χ0v) is 17.2. The van der Waals surface area contributed by atoms with Crippen molar-refractivity contribution in [1.29, 1.82) is 0 Å². The molecule has 0 aliphatic rings. The molecule has 0 saturated heterocycles. The second-order valence-electron chi connectivity index (χ2n) is 7.12. The molecule has 2 aromatic rings. The molecule has 0 aliphatic carbocycles. The van der Waals surface area contributed by atoms with Crippen LogP contribution in [0.5, 0.6) is 11.8 Å². The first-order chi connectivity index (χ1) is 14.4. The Morgan fingerprint density at radius 1 is 0.933 bits per heavy atom. The van der Waals surface area contributed by atoms with E-state index in [4.69, 9.17) is 9.15 Å². The molecule has 0 radical (unpaired) electrons. The molecule has 1 heterocycles. The van der Waals surface area contributed by atoms with E-state index in [0.717, 1.165) is 36.1 Å². The Morgan fingerprint density at radius 2 is 1.50 bits per heavy atom. The molecule has 0 fully saturated rings. The van der Waals surface area contributed by atoms with Gasteiger partial charge in [-0.25, -0.2) is 4.79 Å². The highest BCUT2D eigenvalue weighted by Crippen LogP contribution is 2.23. The summed E-state index contributed by atoms with van der Waals surface area (Å²) in [5, 5.41) is 3.92. The van der Waals surface area contributed by atoms with Gasteiger partial charge in [-0.2, -0.15) is 4.68 Å². The van der Waals surface area contributed by atoms with Crippen molar-refractivity contribution in [1.82, 2.24) is 9.78 Å². The smallest absolute Gasteiger partial charge is 0.449 e. The summed E-state index contributed by atoms with van der Waals surface area (Å²) in [5.74, 6) is -1.17. The number of halogens is 3. The van der Waals surface area contributed by atoms with Gasteiger partial charge in [0, 0.05) is 0 Å². The van der Waals surface area contributed by atoms with Crippen molar-refractivity contribution in [3.8, 4) is 17.5 Å². The van der Waals surface area contributed by atoms with Crippen LogP contribution >= 0.6 is 0 Å². The van der Waals surface area contributed by atoms with Gasteiger partial charge in [0.1, 0.15) is 5.75 Å². The number of hydrogen-bond donors (Lipinski definition) is 0. The molecule has 30 heavy (non-hydrogen) atoms. The first-order valence-electron chi connectivity index (χ1n) is 10.5. The standard InChI is InChI=1S/C21H29F3N2O4/c1-2-3-4-5-6-7-8-9-10-11-16-28-19-25-26(20(27)29-19)17-12-14-18(15-13-17)30-21(22,23)24/h12-15H,2-11,16H2,1H3. The average molecular weight is 430 g/mol. The van der Waals surface area contributed by atoms with Gasteiger partial charge in [0.15, 0.2) is 0 Å². The first kappa shape index (κ1) is 23.8. The zero-order valence-electron chi connectivity index (χ0n) is 17.2. The summed E-state index contributed by atoms with van der Waals surface area (Å²) >= 11 is 0. The summed E-state index contributed by atoms with van der Waals surface area (Å²) in [6.45, 7) is 2.60. The van der Waals surface area contributed by atoms with Gasteiger partial charge in [-0.3, -0.25) is 0 Å². The van der Waals surface area contributed by atoms with E-state index < -0.39 is 12.1 Å². The third kappa shape index (κ3) is 8.92. The quantitative estimate of drug-likeness (QED) is 0.343. The maximum Gasteiger partial charge on any atom is 0.573 e. The molecular weight excluding hydrogens is 401 g/mol. The largest absolute Gasteiger partial charge is 0.573 e. The Labute approximate surface area is 174 Å². The van der Waals surface area contributed by atoms with Crippen LogP contribution < -0.4 is 15.2 Å². The van der Waals surface area contributed by atoms with Crippen LogP contribution in [-0.2, 0) is 0 Å². The molecule has 9 heteroatoms. The molecule has 0 saturated carbocycles. The number of nitrogens with zero attached hydrogens (tertiary/aromatic N) is 2. The van der Waals surface area contributed by atoms with Crippen LogP contribution in [0.1, 0.15) is 71.1 Å². The molecule has 0 spiro atoms. The van der Waals surface area contributed by atoms with Crippen molar-refractivity contribution >= 4 is 0 Å². The van der Waals surface area contributed by atoms with E-state index in [1.54, 1.807) is 0 Å². The summed E-state index contributed by atoms with van der Waals surface area (Å²) < 4.78 is 51.6. The minimum absolute atomic E-state index is 0.161. The van der Waals surface area contributed by atoms with Crippen molar-refractivity contribution < 1.29 is 27.1 Å². The molecule has 6 nitrogen and oxygen atoms in total. The van der Waals surface area contributed by atoms with Crippen LogP contribution in [0.3, 0.4) is 0 Å². The normalized spacial score (nSPS) is 11.6. The lowest BCUT2D eigenvalue weighted by atomic mass is 10.1. The fourth-order valence-electron chi connectivity index (χ4n) is 3.02. The number of alkyl halides is 3. The van der Waals surface area contributed by atoms with Crippen molar-refractivity contribution in [2.75, 3.05) is 6.61 Å². The third-order valence-electron chi connectivity index (χ3n) is 4.57. The SMILES string of the molecule is CCCCCCCCCCCCOc1nn(-c2ccc(OC(F)(F)F)cc2)c(=O)o1. The maximum absolute atomic E-state index is 12.2. The summed E-state index contributed by atoms with van der Waals surface area (Å²) in [5.41, 5.74) is 0.243. The van der Waals surface area contributed by atoms with E-state index in [0.29, 0.717) is 6.61 Å². The van der Waals surface area contributed by atoms with Crippen LogP contribution in [0.25, 0.3) is 5.69 Å². The monoisotopic (exact) mass is 430 g/mol. The predicted octanol–water partition coefficient (Wildman–Crippen LogP) is 6.02. The molecule has 0 N–H and O–H groups in total. The van der Waals surface area contributed by atoms with Gasteiger partial charge in [-0.05, 0) is 30.7 Å². The van der Waals surface area contributed by atoms with Crippen molar-refractivity contribution in [3.63, 3.8) is 0 Å². The number of hydrogen-bond acceptors (Lipinski definition) is 5. The summed E-state index contributed by atoms with van der Waals surface area (Å²) in [6, 6.07) is 4.73. The molecule has 0 bridgehead atoms. The topological polar surface area (TPSA) is 66.5 Å². The fourth-order valence-corrected chi connectivity index (χ4v) is 3.02. The van der Waals surface area contributed by atoms with Crippen molar-refractivity contribution in [2.24, 2.45) is 0 Å². The van der Waals surface area contributed by atoms with Crippen LogP contribution in [0, 0.1) is 0 Å². The van der Waals surface area contributed by atoms with E-state index in [1.807, 2.05) is 0 Å². The Bertz CT molecular complexity index is 785. The first-order valence-corrected chi connectivity index (χ1v) is 10.5. The van der Waals surface area contributed by atoms with E-state index >= 15 is 0 Å². The van der Waals surface area contributed by atoms with E-state index in [9.17, 15) is 18.0 Å². The van der Waals surface area contributed by atoms with E-state index in [1.165, 1.54) is 57.1 Å². The highest BCUT2D eigenvalue weighted by atomic mass is 19.4. The second kappa shape index (κ2) is 12.3. The number of aromatic nitrogens is 2. The summed E-state index contributed by atoms with van der Waals surface area (Å²) in [6.07, 6.45) is 7.06. The van der Waals surface area contributed by atoms with Gasteiger partial charge in [0.05, 0.1) is 12.3 Å². The molecule has 168 valence electrons. The van der Waals surface area contributed by atoms with Gasteiger partial charge in [0.25, 0.3) is 0 Å². The van der Waals surface area contributed by atoms with Crippen molar-refractivity contribution in [3.05, 3.63) is 34.8 Å². The highest BCUT2D eigenvalue weighted by molar-refractivity contribution is 5.36. The lowest BCUT2D eigenvalue weighted by Gasteiger charge is -2.08. The predicted molar refractivity (Wildman–Crippen MR) is 106 cm³/mol. The molecule has 1 aromatic carbocycles. The summed E-state index contributed by atoms with van der Waals surface area (Å²) in [4.78, 5) is 11.9. The fraction of sp³-hybridized carbons (Fsp3) is 0.619. The van der Waals surface area contributed by atoms with Crippen LogP contribution in [0.15, 0.2) is 33.5 Å². The van der Waals surface area contributed by atoms with Gasteiger partial charge in [0.2, 0.25) is 0 Å². The Hall–Kier alpha value is -2.45. The van der Waals surface area contributed by atoms with Crippen LogP contribution in [-0.4, -0.2) is 22.7 Å². The lowest BCUT2D eigenvalue weighted by Crippen LogP contribution is -2.17. The zero-order chi connectivity index (χ0) is 21.8. The summed E-state index contributed by atoms with van der Waals surface area (Å²) in [7, 11) is 0. The van der Waals surface area contributed by atoms with Crippen LogP contribution in [0.4, 0.5) is 13.2 Å². The van der Waals surface area contributed by atoms with Gasteiger partial charge in [-0.1, -0.05) is 69.8 Å². The van der Waals surface area contributed by atoms with Gasteiger partial charge in [-0.15, -0.1) is 13.2 Å². The number of unbranched alkanes of at least 4 members (excludes halogenated alkanes) is 9. The lowest BCUT2D eigenvalue weighted by molar-refractivity contribution is -0.274. The molecule has 2 rings (SSSR count). The van der Waals surface area contributed by atoms with Crippen molar-refractivity contribution in [2.45, 2.75) is 77.5 Å². The second-order valence-corrected chi connectivity index (χ2v) is 7.12. The minimum Gasteiger partial charge on any atom is -0.449 e. The minimum atomic E-state index is -4.78. The maximum atomic E-state index is 12.2.